The molecule has 1 saturated heterocycles. The maximum absolute atomic E-state index is 12.7. The Morgan fingerprint density at radius 1 is 1.14 bits per heavy atom. The minimum Gasteiger partial charge on any atom is -0.493 e. The summed E-state index contributed by atoms with van der Waals surface area (Å²) in [6.45, 7) is 3.39. The summed E-state index contributed by atoms with van der Waals surface area (Å²) in [5.41, 5.74) is 1.54. The van der Waals surface area contributed by atoms with Gasteiger partial charge in [-0.1, -0.05) is 36.1 Å². The average Bonchev–Trinajstić information content (AvgIpc) is 2.77. The highest BCUT2D eigenvalue weighted by atomic mass is 16.5. The van der Waals surface area contributed by atoms with Crippen molar-refractivity contribution in [3.8, 4) is 23.3 Å². The van der Waals surface area contributed by atoms with Crippen LogP contribution in [0, 0.1) is 17.8 Å². The largest absolute Gasteiger partial charge is 0.493 e. The molecule has 1 heterocycles. The molecule has 0 saturated carbocycles. The number of carbonyl (C=O) groups is 1. The molecule has 1 aliphatic rings. The quantitative estimate of drug-likeness (QED) is 0.767. The van der Waals surface area contributed by atoms with E-state index in [4.69, 9.17) is 9.47 Å². The fourth-order valence-corrected chi connectivity index (χ4v) is 3.63. The van der Waals surface area contributed by atoms with Crippen molar-refractivity contribution in [2.24, 2.45) is 5.92 Å². The monoisotopic (exact) mass is 392 g/mol. The van der Waals surface area contributed by atoms with Crippen molar-refractivity contribution >= 4 is 5.91 Å². The molecule has 2 aromatic rings. The van der Waals surface area contributed by atoms with Crippen LogP contribution in [0.5, 0.6) is 11.5 Å². The lowest BCUT2D eigenvalue weighted by Gasteiger charge is -2.31. The third-order valence-electron chi connectivity index (χ3n) is 5.11. The molecule has 0 radical (unpaired) electrons. The summed E-state index contributed by atoms with van der Waals surface area (Å²) in [6, 6.07) is 15.4. The highest BCUT2D eigenvalue weighted by Gasteiger charge is 2.21. The minimum absolute atomic E-state index is 0.137. The maximum atomic E-state index is 12.7. The second-order valence-electron chi connectivity index (χ2n) is 7.16. The first kappa shape index (κ1) is 20.8. The van der Waals surface area contributed by atoms with E-state index >= 15 is 0 Å². The van der Waals surface area contributed by atoms with Crippen LogP contribution in [0.4, 0.5) is 0 Å². The van der Waals surface area contributed by atoms with Crippen LogP contribution < -0.4 is 14.8 Å². The zero-order chi connectivity index (χ0) is 20.5. The molecule has 1 atom stereocenters. The number of piperidine rings is 1. The standard InChI is InChI=1S/C24H28N2O3/c1-28-22-14-6-13-21(23(22)29-2)24(27)25-17-20-12-8-16-26(18-20)15-7-11-19-9-4-3-5-10-19/h3-6,9-10,13-14,20H,8,12,15-18H2,1-2H3,(H,25,27)/t20-/m0/s1. The van der Waals surface area contributed by atoms with Gasteiger partial charge in [-0.15, -0.1) is 0 Å². The highest BCUT2D eigenvalue weighted by molar-refractivity contribution is 5.97. The van der Waals surface area contributed by atoms with E-state index in [9.17, 15) is 4.79 Å². The Bertz CT molecular complexity index is 871. The van der Waals surface area contributed by atoms with Crippen LogP contribution in [0.2, 0.25) is 0 Å². The normalized spacial score (nSPS) is 16.4. The van der Waals surface area contributed by atoms with E-state index in [-0.39, 0.29) is 5.91 Å². The molecule has 3 rings (SSSR count). The lowest BCUT2D eigenvalue weighted by molar-refractivity contribution is 0.0931. The first-order valence-corrected chi connectivity index (χ1v) is 9.96. The number of rotatable bonds is 6. The van der Waals surface area contributed by atoms with Crippen LogP contribution in [-0.2, 0) is 0 Å². The lowest BCUT2D eigenvalue weighted by atomic mass is 9.98. The van der Waals surface area contributed by atoms with Gasteiger partial charge >= 0.3 is 0 Å². The number of ether oxygens (including phenoxy) is 2. The van der Waals surface area contributed by atoms with Crippen molar-refractivity contribution in [2.75, 3.05) is 40.4 Å². The van der Waals surface area contributed by atoms with Gasteiger partial charge in [0.15, 0.2) is 11.5 Å². The molecule has 0 unspecified atom stereocenters. The van der Waals surface area contributed by atoms with Gasteiger partial charge in [0.2, 0.25) is 0 Å². The van der Waals surface area contributed by atoms with Gasteiger partial charge in [0.05, 0.1) is 26.3 Å². The van der Waals surface area contributed by atoms with E-state index in [1.54, 1.807) is 32.4 Å². The van der Waals surface area contributed by atoms with Crippen molar-refractivity contribution in [3.05, 3.63) is 59.7 Å². The number of carbonyl (C=O) groups excluding carboxylic acids is 1. The Hall–Kier alpha value is -2.97. The SMILES string of the molecule is COc1cccc(C(=O)NC[C@@H]2CCCN(CC#Cc3ccccc3)C2)c1OC. The zero-order valence-corrected chi connectivity index (χ0v) is 17.1. The summed E-state index contributed by atoms with van der Waals surface area (Å²) >= 11 is 0. The zero-order valence-electron chi connectivity index (χ0n) is 17.1. The molecule has 152 valence electrons. The van der Waals surface area contributed by atoms with E-state index in [0.29, 0.717) is 29.5 Å². The minimum atomic E-state index is -0.137. The van der Waals surface area contributed by atoms with Crippen LogP contribution in [-0.4, -0.2) is 51.2 Å². The van der Waals surface area contributed by atoms with Gasteiger partial charge in [-0.25, -0.2) is 0 Å². The second-order valence-corrected chi connectivity index (χ2v) is 7.16. The predicted octanol–water partition coefficient (Wildman–Crippen LogP) is 3.20. The van der Waals surface area contributed by atoms with E-state index in [1.165, 1.54) is 0 Å². The number of amides is 1. The van der Waals surface area contributed by atoms with E-state index in [1.807, 2.05) is 30.3 Å². The molecule has 0 bridgehead atoms. The third-order valence-corrected chi connectivity index (χ3v) is 5.11. The topological polar surface area (TPSA) is 50.8 Å². The second kappa shape index (κ2) is 10.5. The van der Waals surface area contributed by atoms with E-state index in [0.717, 1.165) is 38.0 Å². The summed E-state index contributed by atoms with van der Waals surface area (Å²) in [4.78, 5) is 15.0. The van der Waals surface area contributed by atoms with Crippen LogP contribution in [0.15, 0.2) is 48.5 Å². The van der Waals surface area contributed by atoms with E-state index < -0.39 is 0 Å². The number of likely N-dealkylation sites (tertiary alicyclic amines) is 1. The van der Waals surface area contributed by atoms with Crippen molar-refractivity contribution < 1.29 is 14.3 Å². The van der Waals surface area contributed by atoms with Gasteiger partial charge in [0.1, 0.15) is 0 Å². The smallest absolute Gasteiger partial charge is 0.255 e. The Morgan fingerprint density at radius 2 is 1.97 bits per heavy atom. The first-order valence-electron chi connectivity index (χ1n) is 9.96. The number of nitrogens with one attached hydrogen (secondary N) is 1. The molecular formula is C24H28N2O3. The summed E-state index contributed by atoms with van der Waals surface area (Å²) in [7, 11) is 3.11. The van der Waals surface area contributed by atoms with Crippen LogP contribution in [0.25, 0.3) is 0 Å². The summed E-state index contributed by atoms with van der Waals surface area (Å²) in [5.74, 6) is 7.79. The molecular weight excluding hydrogens is 364 g/mol. The summed E-state index contributed by atoms with van der Waals surface area (Å²) in [6.07, 6.45) is 2.23. The van der Waals surface area contributed by atoms with Gasteiger partial charge in [0.25, 0.3) is 5.91 Å². The third kappa shape index (κ3) is 5.75. The number of nitrogens with zero attached hydrogens (tertiary/aromatic N) is 1. The van der Waals surface area contributed by atoms with Gasteiger partial charge in [-0.2, -0.15) is 0 Å². The Morgan fingerprint density at radius 3 is 2.72 bits per heavy atom. The molecule has 5 heteroatoms. The highest BCUT2D eigenvalue weighted by Crippen LogP contribution is 2.30. The molecule has 1 N–H and O–H groups in total. The average molecular weight is 392 g/mol. The Balaban J connectivity index is 1.52. The number of para-hydroxylation sites is 1. The van der Waals surface area contributed by atoms with Gasteiger partial charge in [-0.3, -0.25) is 9.69 Å². The van der Waals surface area contributed by atoms with Crippen LogP contribution >= 0.6 is 0 Å². The molecule has 1 aliphatic heterocycles. The predicted molar refractivity (Wildman–Crippen MR) is 114 cm³/mol. The van der Waals surface area contributed by atoms with E-state index in [2.05, 4.69) is 22.1 Å². The fourth-order valence-electron chi connectivity index (χ4n) is 3.63. The maximum Gasteiger partial charge on any atom is 0.255 e. The number of hydrogen-bond donors (Lipinski definition) is 1. The molecule has 0 spiro atoms. The molecule has 1 fully saturated rings. The molecule has 29 heavy (non-hydrogen) atoms. The van der Waals surface area contributed by atoms with Gasteiger partial charge in [-0.05, 0) is 49.6 Å². The van der Waals surface area contributed by atoms with Crippen molar-refractivity contribution in [3.63, 3.8) is 0 Å². The molecule has 5 nitrogen and oxygen atoms in total. The van der Waals surface area contributed by atoms with Crippen molar-refractivity contribution in [2.45, 2.75) is 12.8 Å². The van der Waals surface area contributed by atoms with Crippen molar-refractivity contribution in [1.29, 1.82) is 0 Å². The molecule has 0 aliphatic carbocycles. The fraction of sp³-hybridized carbons (Fsp3) is 0.375. The number of methoxy groups -OCH3 is 2. The van der Waals surface area contributed by atoms with Gasteiger partial charge < -0.3 is 14.8 Å². The number of hydrogen-bond acceptors (Lipinski definition) is 4. The van der Waals surface area contributed by atoms with Crippen LogP contribution in [0.1, 0.15) is 28.8 Å². The lowest BCUT2D eigenvalue weighted by Crippen LogP contribution is -2.41. The van der Waals surface area contributed by atoms with Crippen molar-refractivity contribution in [1.82, 2.24) is 10.2 Å². The van der Waals surface area contributed by atoms with Crippen LogP contribution in [0.3, 0.4) is 0 Å². The Kier molecular flexibility index (Phi) is 7.54. The number of benzene rings is 2. The molecule has 1 amide bonds. The summed E-state index contributed by atoms with van der Waals surface area (Å²) < 4.78 is 10.6. The van der Waals surface area contributed by atoms with Gasteiger partial charge in [0, 0.05) is 18.7 Å². The Labute approximate surface area is 173 Å². The molecule has 2 aromatic carbocycles. The summed E-state index contributed by atoms with van der Waals surface area (Å²) in [5, 5.41) is 3.06. The molecule has 0 aromatic heterocycles. The first-order chi connectivity index (χ1) is 14.2.